The van der Waals surface area contributed by atoms with Gasteiger partial charge in [0.15, 0.2) is 0 Å². The second-order valence-electron chi connectivity index (χ2n) is 7.16. The van der Waals surface area contributed by atoms with Crippen molar-refractivity contribution in [3.8, 4) is 0 Å². The molecule has 2 heterocycles. The first-order valence-corrected chi connectivity index (χ1v) is 11.6. The predicted molar refractivity (Wildman–Crippen MR) is 122 cm³/mol. The van der Waals surface area contributed by atoms with Crippen molar-refractivity contribution in [3.63, 3.8) is 0 Å². The van der Waals surface area contributed by atoms with Crippen LogP contribution in [0, 0.1) is 6.92 Å². The molecule has 0 aliphatic rings. The molecule has 0 atom stereocenters. The van der Waals surface area contributed by atoms with Crippen molar-refractivity contribution in [2.75, 3.05) is 0 Å². The van der Waals surface area contributed by atoms with Crippen LogP contribution in [0.15, 0.2) is 78.0 Å². The summed E-state index contributed by atoms with van der Waals surface area (Å²) in [6.45, 7) is 1.98. The smallest absolute Gasteiger partial charge is 0.265 e. The Morgan fingerprint density at radius 1 is 1.03 bits per heavy atom. The standard InChI is InChI=1S/C23H18Cl2N2O3S/c1-15-14-27-10-9-17(23(28)26-31(29,30)19-5-3-2-4-6-19)12-22(27)20(15)11-16-7-8-18(24)13-21(16)25/h2-10,12-14H,11H2,1H3,(H,26,28). The fourth-order valence-electron chi connectivity index (χ4n) is 3.42. The number of sulfonamides is 1. The molecule has 0 aliphatic carbocycles. The van der Waals surface area contributed by atoms with E-state index in [0.717, 1.165) is 22.2 Å². The zero-order chi connectivity index (χ0) is 22.2. The number of aryl methyl sites for hydroxylation is 1. The second kappa shape index (κ2) is 8.38. The van der Waals surface area contributed by atoms with E-state index >= 15 is 0 Å². The molecule has 158 valence electrons. The van der Waals surface area contributed by atoms with E-state index in [4.69, 9.17) is 23.2 Å². The van der Waals surface area contributed by atoms with E-state index < -0.39 is 15.9 Å². The first-order chi connectivity index (χ1) is 14.7. The molecular formula is C23H18Cl2N2O3S. The number of hydrogen-bond acceptors (Lipinski definition) is 3. The van der Waals surface area contributed by atoms with Gasteiger partial charge >= 0.3 is 0 Å². The molecule has 0 saturated heterocycles. The fraction of sp³-hybridized carbons (Fsp3) is 0.0870. The third-order valence-corrected chi connectivity index (χ3v) is 6.96. The highest BCUT2D eigenvalue weighted by Crippen LogP contribution is 2.28. The molecule has 31 heavy (non-hydrogen) atoms. The molecule has 8 heteroatoms. The molecule has 1 N–H and O–H groups in total. The summed E-state index contributed by atoms with van der Waals surface area (Å²) in [5, 5.41) is 1.12. The van der Waals surface area contributed by atoms with E-state index in [1.54, 1.807) is 48.7 Å². The van der Waals surface area contributed by atoms with Crippen molar-refractivity contribution in [1.29, 1.82) is 0 Å². The Morgan fingerprint density at radius 2 is 1.77 bits per heavy atom. The number of carbonyl (C=O) groups excluding carboxylic acids is 1. The number of benzene rings is 2. The van der Waals surface area contributed by atoms with Crippen molar-refractivity contribution >= 4 is 44.6 Å². The summed E-state index contributed by atoms with van der Waals surface area (Å²) < 4.78 is 29.0. The highest BCUT2D eigenvalue weighted by atomic mass is 35.5. The zero-order valence-corrected chi connectivity index (χ0v) is 18.8. The van der Waals surface area contributed by atoms with Gasteiger partial charge in [0.2, 0.25) is 0 Å². The number of fused-ring (bicyclic) bond motifs is 1. The summed E-state index contributed by atoms with van der Waals surface area (Å²) in [7, 11) is -3.96. The van der Waals surface area contributed by atoms with Crippen LogP contribution < -0.4 is 4.72 Å². The van der Waals surface area contributed by atoms with E-state index in [-0.39, 0.29) is 10.5 Å². The maximum Gasteiger partial charge on any atom is 0.265 e. The van der Waals surface area contributed by atoms with Crippen LogP contribution in [0.5, 0.6) is 0 Å². The van der Waals surface area contributed by atoms with Gasteiger partial charge in [-0.3, -0.25) is 4.79 Å². The maximum atomic E-state index is 12.7. The Bertz CT molecular complexity index is 1400. The van der Waals surface area contributed by atoms with Gasteiger partial charge in [-0.1, -0.05) is 47.5 Å². The molecule has 2 aromatic heterocycles. The van der Waals surface area contributed by atoms with Gasteiger partial charge in [-0.2, -0.15) is 0 Å². The SMILES string of the molecule is Cc1cn2ccc(C(=O)NS(=O)(=O)c3ccccc3)cc2c1Cc1ccc(Cl)cc1Cl. The lowest BCUT2D eigenvalue weighted by molar-refractivity contribution is 0.0981. The average molecular weight is 473 g/mol. The minimum atomic E-state index is -3.96. The molecule has 0 unspecified atom stereocenters. The van der Waals surface area contributed by atoms with Crippen molar-refractivity contribution in [1.82, 2.24) is 9.12 Å². The van der Waals surface area contributed by atoms with E-state index in [1.807, 2.05) is 23.6 Å². The quantitative estimate of drug-likeness (QED) is 0.430. The van der Waals surface area contributed by atoms with Crippen molar-refractivity contribution in [2.24, 2.45) is 0 Å². The van der Waals surface area contributed by atoms with Crippen LogP contribution in [-0.4, -0.2) is 18.7 Å². The van der Waals surface area contributed by atoms with Gasteiger partial charge < -0.3 is 4.40 Å². The summed E-state index contributed by atoms with van der Waals surface area (Å²) in [4.78, 5) is 12.7. The van der Waals surface area contributed by atoms with Gasteiger partial charge in [0, 0.05) is 39.9 Å². The lowest BCUT2D eigenvalue weighted by atomic mass is 10.0. The number of rotatable bonds is 5. The minimum absolute atomic E-state index is 0.0287. The molecule has 0 bridgehead atoms. The Balaban J connectivity index is 1.67. The van der Waals surface area contributed by atoms with Gasteiger partial charge in [-0.15, -0.1) is 0 Å². The number of hydrogen-bond donors (Lipinski definition) is 1. The highest BCUT2D eigenvalue weighted by molar-refractivity contribution is 7.90. The van der Waals surface area contributed by atoms with Crippen LogP contribution in [0.4, 0.5) is 0 Å². The fourth-order valence-corrected chi connectivity index (χ4v) is 4.89. The van der Waals surface area contributed by atoms with Crippen LogP contribution in [0.25, 0.3) is 5.52 Å². The molecule has 5 nitrogen and oxygen atoms in total. The molecule has 0 aliphatic heterocycles. The Kier molecular flexibility index (Phi) is 5.79. The highest BCUT2D eigenvalue weighted by Gasteiger charge is 2.19. The normalized spacial score (nSPS) is 11.6. The lowest BCUT2D eigenvalue weighted by Crippen LogP contribution is -2.30. The summed E-state index contributed by atoms with van der Waals surface area (Å²) >= 11 is 12.3. The number of nitrogens with one attached hydrogen (secondary N) is 1. The molecule has 0 fully saturated rings. The van der Waals surface area contributed by atoms with E-state index in [9.17, 15) is 13.2 Å². The second-order valence-corrected chi connectivity index (χ2v) is 9.68. The monoisotopic (exact) mass is 472 g/mol. The largest absolute Gasteiger partial charge is 0.323 e. The number of halogens is 2. The number of carbonyl (C=O) groups is 1. The molecular weight excluding hydrogens is 455 g/mol. The van der Waals surface area contributed by atoms with Crippen LogP contribution in [-0.2, 0) is 16.4 Å². The minimum Gasteiger partial charge on any atom is -0.323 e. The van der Waals surface area contributed by atoms with E-state index in [1.165, 1.54) is 12.1 Å². The Morgan fingerprint density at radius 3 is 2.48 bits per heavy atom. The van der Waals surface area contributed by atoms with E-state index in [2.05, 4.69) is 4.72 Å². The van der Waals surface area contributed by atoms with Gasteiger partial charge in [0.1, 0.15) is 0 Å². The number of amides is 1. The van der Waals surface area contributed by atoms with Crippen LogP contribution >= 0.6 is 23.2 Å². The number of aromatic nitrogens is 1. The van der Waals surface area contributed by atoms with Crippen molar-refractivity contribution in [3.05, 3.63) is 105 Å². The molecule has 4 aromatic rings. The third kappa shape index (κ3) is 4.46. The summed E-state index contributed by atoms with van der Waals surface area (Å²) in [5.74, 6) is -0.694. The first kappa shape index (κ1) is 21.4. The average Bonchev–Trinajstić information content (AvgIpc) is 3.04. The molecule has 4 rings (SSSR count). The Labute approximate surface area is 190 Å². The van der Waals surface area contributed by atoms with Crippen molar-refractivity contribution < 1.29 is 13.2 Å². The van der Waals surface area contributed by atoms with Crippen LogP contribution in [0.2, 0.25) is 10.0 Å². The molecule has 0 saturated carbocycles. The van der Waals surface area contributed by atoms with Gasteiger partial charge in [-0.05, 0) is 60.0 Å². The zero-order valence-electron chi connectivity index (χ0n) is 16.5. The van der Waals surface area contributed by atoms with Crippen LogP contribution in [0.1, 0.15) is 27.0 Å². The van der Waals surface area contributed by atoms with Crippen LogP contribution in [0.3, 0.4) is 0 Å². The molecule has 1 amide bonds. The topological polar surface area (TPSA) is 67.7 Å². The third-order valence-electron chi connectivity index (χ3n) is 5.03. The number of pyridine rings is 1. The first-order valence-electron chi connectivity index (χ1n) is 9.41. The Hall–Kier alpha value is -2.80. The van der Waals surface area contributed by atoms with Gasteiger partial charge in [0.05, 0.1) is 4.90 Å². The lowest BCUT2D eigenvalue weighted by Gasteiger charge is -2.09. The van der Waals surface area contributed by atoms with E-state index in [0.29, 0.717) is 16.5 Å². The summed E-state index contributed by atoms with van der Waals surface area (Å²) in [6, 6.07) is 16.4. The summed E-state index contributed by atoms with van der Waals surface area (Å²) in [6.07, 6.45) is 4.24. The number of nitrogens with zero attached hydrogens (tertiary/aromatic N) is 1. The van der Waals surface area contributed by atoms with Gasteiger partial charge in [0.25, 0.3) is 15.9 Å². The van der Waals surface area contributed by atoms with Gasteiger partial charge in [-0.25, -0.2) is 13.1 Å². The molecule has 2 aromatic carbocycles. The molecule has 0 radical (unpaired) electrons. The molecule has 0 spiro atoms. The van der Waals surface area contributed by atoms with Crippen molar-refractivity contribution in [2.45, 2.75) is 18.2 Å². The predicted octanol–water partition coefficient (Wildman–Crippen LogP) is 5.26. The summed E-state index contributed by atoms with van der Waals surface area (Å²) in [5.41, 5.74) is 3.97. The maximum absolute atomic E-state index is 12.7.